The third kappa shape index (κ3) is 6.87. The predicted octanol–water partition coefficient (Wildman–Crippen LogP) is 3.57. The van der Waals surface area contributed by atoms with Gasteiger partial charge in [0.15, 0.2) is 0 Å². The first kappa shape index (κ1) is 23.4. The largest absolute Gasteiger partial charge is 0.388 e. The van der Waals surface area contributed by atoms with Crippen LogP contribution in [0.5, 0.6) is 0 Å². The van der Waals surface area contributed by atoms with E-state index in [0.717, 1.165) is 0 Å². The van der Waals surface area contributed by atoms with E-state index in [9.17, 15) is 14.7 Å². The molecule has 2 aromatic rings. The summed E-state index contributed by atoms with van der Waals surface area (Å²) in [5, 5.41) is 16.2. The SMILES string of the molecule is CCO[C@H](CNC(=O)c1c(Cl)cc(Cl)cc1Cl)[C@@H](O)CNC(=O)c1ccccc1. The summed E-state index contributed by atoms with van der Waals surface area (Å²) in [5.74, 6) is -0.842. The van der Waals surface area contributed by atoms with Gasteiger partial charge in [0.25, 0.3) is 11.8 Å². The van der Waals surface area contributed by atoms with Crippen LogP contribution in [0.1, 0.15) is 27.6 Å². The van der Waals surface area contributed by atoms with Crippen LogP contribution in [0.25, 0.3) is 0 Å². The summed E-state index contributed by atoms with van der Waals surface area (Å²) in [6.45, 7) is 2.02. The molecule has 0 heterocycles. The molecule has 2 amide bonds. The van der Waals surface area contributed by atoms with E-state index >= 15 is 0 Å². The lowest BCUT2D eigenvalue weighted by atomic mass is 10.1. The minimum Gasteiger partial charge on any atom is -0.388 e. The second-order valence-electron chi connectivity index (χ2n) is 6.09. The van der Waals surface area contributed by atoms with E-state index in [1.165, 1.54) is 12.1 Å². The monoisotopic (exact) mass is 458 g/mol. The van der Waals surface area contributed by atoms with Crippen molar-refractivity contribution >= 4 is 46.6 Å². The number of hydrogen-bond acceptors (Lipinski definition) is 4. The Labute approximate surface area is 184 Å². The Kier molecular flexibility index (Phi) is 9.20. The Balaban J connectivity index is 1.95. The summed E-state index contributed by atoms with van der Waals surface area (Å²) < 4.78 is 5.50. The topological polar surface area (TPSA) is 87.7 Å². The molecule has 0 fully saturated rings. The van der Waals surface area contributed by atoms with Crippen LogP contribution in [-0.2, 0) is 4.74 Å². The number of hydrogen-bond donors (Lipinski definition) is 3. The molecule has 0 saturated heterocycles. The fourth-order valence-electron chi connectivity index (χ4n) is 2.58. The van der Waals surface area contributed by atoms with E-state index in [-0.39, 0.29) is 34.6 Å². The van der Waals surface area contributed by atoms with Crippen molar-refractivity contribution < 1.29 is 19.4 Å². The molecule has 0 bridgehead atoms. The van der Waals surface area contributed by atoms with E-state index in [1.807, 2.05) is 0 Å². The molecule has 0 aliphatic rings. The number of ether oxygens (including phenoxy) is 1. The Hall–Kier alpha value is -1.83. The summed E-state index contributed by atoms with van der Waals surface area (Å²) in [4.78, 5) is 24.6. The molecule has 3 N–H and O–H groups in total. The van der Waals surface area contributed by atoms with Crippen LogP contribution in [0.15, 0.2) is 42.5 Å². The number of aliphatic hydroxyl groups is 1. The zero-order valence-electron chi connectivity index (χ0n) is 15.6. The van der Waals surface area contributed by atoms with E-state index in [1.54, 1.807) is 37.3 Å². The third-order valence-corrected chi connectivity index (χ3v) is 4.83. The molecule has 0 spiro atoms. The molecule has 9 heteroatoms. The number of carbonyl (C=O) groups excluding carboxylic acids is 2. The predicted molar refractivity (Wildman–Crippen MR) is 114 cm³/mol. The summed E-state index contributed by atoms with van der Waals surface area (Å²) in [7, 11) is 0. The first-order chi connectivity index (χ1) is 13.8. The molecule has 2 atom stereocenters. The number of nitrogens with one attached hydrogen (secondary N) is 2. The number of amides is 2. The lowest BCUT2D eigenvalue weighted by Gasteiger charge is -2.23. The highest BCUT2D eigenvalue weighted by Gasteiger charge is 2.23. The lowest BCUT2D eigenvalue weighted by Crippen LogP contribution is -2.46. The molecule has 6 nitrogen and oxygen atoms in total. The Morgan fingerprint density at radius 3 is 2.17 bits per heavy atom. The first-order valence-electron chi connectivity index (χ1n) is 8.89. The highest BCUT2D eigenvalue weighted by molar-refractivity contribution is 6.42. The van der Waals surface area contributed by atoms with Crippen LogP contribution in [0.2, 0.25) is 15.1 Å². The van der Waals surface area contributed by atoms with Gasteiger partial charge < -0.3 is 20.5 Å². The Bertz CT molecular complexity index is 826. The Morgan fingerprint density at radius 1 is 1.00 bits per heavy atom. The van der Waals surface area contributed by atoms with Gasteiger partial charge in [-0.3, -0.25) is 9.59 Å². The van der Waals surface area contributed by atoms with Crippen molar-refractivity contribution in [2.45, 2.75) is 19.1 Å². The van der Waals surface area contributed by atoms with Crippen LogP contribution < -0.4 is 10.6 Å². The van der Waals surface area contributed by atoms with Crippen molar-refractivity contribution in [3.63, 3.8) is 0 Å². The van der Waals surface area contributed by atoms with Gasteiger partial charge in [0.05, 0.1) is 21.7 Å². The van der Waals surface area contributed by atoms with E-state index in [0.29, 0.717) is 17.2 Å². The van der Waals surface area contributed by atoms with Crippen molar-refractivity contribution in [1.82, 2.24) is 10.6 Å². The van der Waals surface area contributed by atoms with Crippen LogP contribution in [-0.4, -0.2) is 48.8 Å². The molecule has 0 aromatic heterocycles. The minimum atomic E-state index is -1.04. The van der Waals surface area contributed by atoms with Gasteiger partial charge >= 0.3 is 0 Å². The highest BCUT2D eigenvalue weighted by atomic mass is 35.5. The van der Waals surface area contributed by atoms with Crippen LogP contribution in [0.3, 0.4) is 0 Å². The van der Waals surface area contributed by atoms with Crippen molar-refractivity contribution in [2.24, 2.45) is 0 Å². The van der Waals surface area contributed by atoms with Crippen LogP contribution >= 0.6 is 34.8 Å². The van der Waals surface area contributed by atoms with E-state index < -0.39 is 18.1 Å². The third-order valence-electron chi connectivity index (χ3n) is 4.02. The standard InChI is InChI=1S/C20H21Cl3N2O4/c1-2-29-17(16(26)10-24-19(27)12-6-4-3-5-7-12)11-25-20(28)18-14(22)8-13(21)9-15(18)23/h3-9,16-17,26H,2,10-11H2,1H3,(H,24,27)(H,25,28)/t16-,17+/m0/s1. The van der Waals surface area contributed by atoms with Gasteiger partial charge in [-0.05, 0) is 31.2 Å². The zero-order chi connectivity index (χ0) is 21.4. The molecule has 0 aliphatic carbocycles. The number of carbonyl (C=O) groups is 2. The molecule has 156 valence electrons. The van der Waals surface area contributed by atoms with Crippen LogP contribution in [0.4, 0.5) is 0 Å². The minimum absolute atomic E-state index is 0.00959. The smallest absolute Gasteiger partial charge is 0.254 e. The second kappa shape index (κ2) is 11.4. The van der Waals surface area contributed by atoms with Gasteiger partial charge in [-0.1, -0.05) is 53.0 Å². The summed E-state index contributed by atoms with van der Waals surface area (Å²) in [5.41, 5.74) is 0.563. The normalized spacial score (nSPS) is 12.9. The number of aliphatic hydroxyl groups excluding tert-OH is 1. The van der Waals surface area contributed by atoms with Gasteiger partial charge in [0.2, 0.25) is 0 Å². The molecule has 0 saturated carbocycles. The number of rotatable bonds is 9. The molecular formula is C20H21Cl3N2O4. The molecule has 0 unspecified atom stereocenters. The van der Waals surface area contributed by atoms with Gasteiger partial charge in [0.1, 0.15) is 6.10 Å². The Morgan fingerprint density at radius 2 is 1.59 bits per heavy atom. The first-order valence-corrected chi connectivity index (χ1v) is 10.0. The van der Waals surface area contributed by atoms with Crippen LogP contribution in [0, 0.1) is 0 Å². The highest BCUT2D eigenvalue weighted by Crippen LogP contribution is 2.28. The van der Waals surface area contributed by atoms with Gasteiger partial charge in [-0.2, -0.15) is 0 Å². The fraction of sp³-hybridized carbons (Fsp3) is 0.300. The van der Waals surface area contributed by atoms with E-state index in [2.05, 4.69) is 10.6 Å². The quantitative estimate of drug-likeness (QED) is 0.535. The fourth-order valence-corrected chi connectivity index (χ4v) is 3.57. The van der Waals surface area contributed by atoms with Crippen molar-refractivity contribution in [1.29, 1.82) is 0 Å². The van der Waals surface area contributed by atoms with Gasteiger partial charge in [0, 0.05) is 30.3 Å². The molecular weight excluding hydrogens is 439 g/mol. The average Bonchev–Trinajstić information content (AvgIpc) is 2.68. The summed E-state index contributed by atoms with van der Waals surface area (Å²) in [6, 6.07) is 11.5. The van der Waals surface area contributed by atoms with Gasteiger partial charge in [-0.15, -0.1) is 0 Å². The molecule has 2 aromatic carbocycles. The maximum Gasteiger partial charge on any atom is 0.254 e. The summed E-state index contributed by atoms with van der Waals surface area (Å²) in [6.07, 6.45) is -1.79. The lowest BCUT2D eigenvalue weighted by molar-refractivity contribution is -0.0287. The summed E-state index contributed by atoms with van der Waals surface area (Å²) >= 11 is 18.0. The molecule has 0 aliphatic heterocycles. The molecule has 2 rings (SSSR count). The second-order valence-corrected chi connectivity index (χ2v) is 7.34. The molecule has 29 heavy (non-hydrogen) atoms. The zero-order valence-corrected chi connectivity index (χ0v) is 17.9. The van der Waals surface area contributed by atoms with Gasteiger partial charge in [-0.25, -0.2) is 0 Å². The van der Waals surface area contributed by atoms with E-state index in [4.69, 9.17) is 39.5 Å². The maximum absolute atomic E-state index is 12.5. The molecule has 0 radical (unpaired) electrons. The van der Waals surface area contributed by atoms with Crippen molar-refractivity contribution in [3.8, 4) is 0 Å². The number of halogens is 3. The van der Waals surface area contributed by atoms with Crippen molar-refractivity contribution in [3.05, 3.63) is 68.7 Å². The van der Waals surface area contributed by atoms with Crippen molar-refractivity contribution in [2.75, 3.05) is 19.7 Å². The average molecular weight is 460 g/mol. The number of benzene rings is 2. The maximum atomic E-state index is 12.5.